The fraction of sp³-hybridized carbons (Fsp3) is 0.250. The van der Waals surface area contributed by atoms with Gasteiger partial charge in [0.25, 0.3) is 11.5 Å². The van der Waals surface area contributed by atoms with Crippen LogP contribution in [0.5, 0.6) is 0 Å². The number of nitrogens with zero attached hydrogens (tertiary/aromatic N) is 3. The van der Waals surface area contributed by atoms with Crippen LogP contribution in [-0.4, -0.2) is 33.4 Å². The highest BCUT2D eigenvalue weighted by molar-refractivity contribution is 6.31. The lowest BCUT2D eigenvalue weighted by atomic mass is 9.95. The van der Waals surface area contributed by atoms with Crippen LogP contribution in [0.15, 0.2) is 77.6 Å². The molecule has 1 aromatic heterocycles. The molecule has 1 saturated heterocycles. The minimum Gasteiger partial charge on any atom is -0.338 e. The highest BCUT2D eigenvalue weighted by Gasteiger charge is 2.29. The standard InChI is InChI=1S/C28H26ClN3O2/c1-19-9-11-21(12-10-19)27(33)31-15-5-8-22(18-31)26-30-25-16-23(29)13-14-24(25)28(34)32(26)17-20-6-3-2-4-7-20/h2-4,6-7,9-14,16,22H,5,8,15,17-18H2,1H3. The average Bonchev–Trinajstić information content (AvgIpc) is 2.86. The molecule has 6 heteroatoms. The molecule has 1 fully saturated rings. The number of hydrogen-bond acceptors (Lipinski definition) is 3. The van der Waals surface area contributed by atoms with Gasteiger partial charge in [0, 0.05) is 29.6 Å². The van der Waals surface area contributed by atoms with E-state index >= 15 is 0 Å². The van der Waals surface area contributed by atoms with E-state index in [1.54, 1.807) is 22.8 Å². The molecular weight excluding hydrogens is 446 g/mol. The van der Waals surface area contributed by atoms with E-state index in [0.717, 1.165) is 24.0 Å². The Bertz CT molecular complexity index is 1400. The molecule has 0 radical (unpaired) electrons. The second kappa shape index (κ2) is 9.43. The second-order valence-electron chi connectivity index (χ2n) is 8.96. The van der Waals surface area contributed by atoms with E-state index in [1.165, 1.54) is 0 Å². The van der Waals surface area contributed by atoms with Crippen molar-refractivity contribution in [1.29, 1.82) is 0 Å². The van der Waals surface area contributed by atoms with Crippen molar-refractivity contribution in [3.05, 3.63) is 111 Å². The van der Waals surface area contributed by atoms with Crippen LogP contribution >= 0.6 is 11.6 Å². The maximum atomic E-state index is 13.6. The zero-order chi connectivity index (χ0) is 23.7. The van der Waals surface area contributed by atoms with Crippen molar-refractivity contribution in [2.75, 3.05) is 13.1 Å². The minimum absolute atomic E-state index is 0.0190. The first-order valence-electron chi connectivity index (χ1n) is 11.6. The molecule has 1 unspecified atom stereocenters. The zero-order valence-electron chi connectivity index (χ0n) is 19.1. The van der Waals surface area contributed by atoms with Gasteiger partial charge in [-0.2, -0.15) is 0 Å². The number of aryl methyl sites for hydroxylation is 1. The van der Waals surface area contributed by atoms with Gasteiger partial charge in [0.15, 0.2) is 0 Å². The molecular formula is C28H26ClN3O2. The number of halogens is 1. The molecule has 0 saturated carbocycles. The first-order valence-corrected chi connectivity index (χ1v) is 12.0. The summed E-state index contributed by atoms with van der Waals surface area (Å²) in [6, 6.07) is 22.8. The number of likely N-dealkylation sites (tertiary alicyclic amines) is 1. The van der Waals surface area contributed by atoms with Crippen molar-refractivity contribution in [2.24, 2.45) is 0 Å². The summed E-state index contributed by atoms with van der Waals surface area (Å²) < 4.78 is 1.77. The van der Waals surface area contributed by atoms with E-state index < -0.39 is 0 Å². The van der Waals surface area contributed by atoms with Crippen LogP contribution in [-0.2, 0) is 6.54 Å². The summed E-state index contributed by atoms with van der Waals surface area (Å²) in [4.78, 5) is 33.6. The van der Waals surface area contributed by atoms with Crippen LogP contribution in [0.25, 0.3) is 10.9 Å². The monoisotopic (exact) mass is 471 g/mol. The van der Waals surface area contributed by atoms with Gasteiger partial charge < -0.3 is 4.90 Å². The molecule has 5 nitrogen and oxygen atoms in total. The molecule has 172 valence electrons. The Kier molecular flexibility index (Phi) is 6.20. The molecule has 0 aliphatic carbocycles. The van der Waals surface area contributed by atoms with Gasteiger partial charge in [-0.05, 0) is 55.7 Å². The summed E-state index contributed by atoms with van der Waals surface area (Å²) in [6.45, 7) is 3.67. The predicted octanol–water partition coefficient (Wildman–Crippen LogP) is 5.43. The van der Waals surface area contributed by atoms with Crippen LogP contribution in [0.1, 0.15) is 46.1 Å². The van der Waals surface area contributed by atoms with Crippen LogP contribution in [0.4, 0.5) is 0 Å². The molecule has 3 aromatic carbocycles. The number of amides is 1. The summed E-state index contributed by atoms with van der Waals surface area (Å²) in [5.74, 6) is 0.693. The van der Waals surface area contributed by atoms with Crippen molar-refractivity contribution < 1.29 is 4.79 Å². The van der Waals surface area contributed by atoms with E-state index in [2.05, 4.69) is 0 Å². The quantitative estimate of drug-likeness (QED) is 0.399. The lowest BCUT2D eigenvalue weighted by molar-refractivity contribution is 0.0703. The SMILES string of the molecule is Cc1ccc(C(=O)N2CCCC(c3nc4cc(Cl)ccc4c(=O)n3Cc3ccccc3)C2)cc1. The number of carbonyl (C=O) groups excluding carboxylic acids is 1. The number of rotatable bonds is 4. The number of carbonyl (C=O) groups is 1. The average molecular weight is 472 g/mol. The fourth-order valence-electron chi connectivity index (χ4n) is 4.69. The number of hydrogen-bond donors (Lipinski definition) is 0. The first kappa shape index (κ1) is 22.4. The van der Waals surface area contributed by atoms with E-state index in [0.29, 0.717) is 46.9 Å². The molecule has 4 aromatic rings. The van der Waals surface area contributed by atoms with Gasteiger partial charge in [0.2, 0.25) is 0 Å². The van der Waals surface area contributed by atoms with Crippen molar-refractivity contribution >= 4 is 28.4 Å². The van der Waals surface area contributed by atoms with Crippen molar-refractivity contribution in [3.63, 3.8) is 0 Å². The number of aromatic nitrogens is 2. The first-order chi connectivity index (χ1) is 16.5. The third-order valence-electron chi connectivity index (χ3n) is 6.50. The summed E-state index contributed by atoms with van der Waals surface area (Å²) in [5.41, 5.74) is 3.36. The van der Waals surface area contributed by atoms with E-state index in [1.807, 2.05) is 66.4 Å². The van der Waals surface area contributed by atoms with E-state index in [-0.39, 0.29) is 17.4 Å². The highest BCUT2D eigenvalue weighted by Crippen LogP contribution is 2.28. The predicted molar refractivity (Wildman–Crippen MR) is 136 cm³/mol. The Morgan fingerprint density at radius 1 is 1.06 bits per heavy atom. The summed E-state index contributed by atoms with van der Waals surface area (Å²) in [5, 5.41) is 1.10. The normalized spacial score (nSPS) is 16.1. The third kappa shape index (κ3) is 4.48. The maximum Gasteiger partial charge on any atom is 0.261 e. The number of benzene rings is 3. The lowest BCUT2D eigenvalue weighted by Crippen LogP contribution is -2.41. The molecule has 1 aliphatic heterocycles. The number of piperidine rings is 1. The Morgan fingerprint density at radius 2 is 1.82 bits per heavy atom. The van der Waals surface area contributed by atoms with Gasteiger partial charge in [-0.1, -0.05) is 59.6 Å². The Labute approximate surface area is 203 Å². The van der Waals surface area contributed by atoms with E-state index in [4.69, 9.17) is 16.6 Å². The van der Waals surface area contributed by atoms with Crippen molar-refractivity contribution in [1.82, 2.24) is 14.5 Å². The Hall–Kier alpha value is -3.44. The van der Waals surface area contributed by atoms with Gasteiger partial charge in [0.1, 0.15) is 5.82 Å². The van der Waals surface area contributed by atoms with Gasteiger partial charge in [-0.3, -0.25) is 14.2 Å². The zero-order valence-corrected chi connectivity index (χ0v) is 19.8. The maximum absolute atomic E-state index is 13.6. The minimum atomic E-state index is -0.0810. The van der Waals surface area contributed by atoms with Gasteiger partial charge >= 0.3 is 0 Å². The second-order valence-corrected chi connectivity index (χ2v) is 9.40. The molecule has 5 rings (SSSR count). The van der Waals surface area contributed by atoms with E-state index in [9.17, 15) is 9.59 Å². The topological polar surface area (TPSA) is 55.2 Å². The molecule has 0 bridgehead atoms. The molecule has 2 heterocycles. The summed E-state index contributed by atoms with van der Waals surface area (Å²) >= 11 is 6.22. The smallest absolute Gasteiger partial charge is 0.261 e. The highest BCUT2D eigenvalue weighted by atomic mass is 35.5. The summed E-state index contributed by atoms with van der Waals surface area (Å²) in [6.07, 6.45) is 1.72. The fourth-order valence-corrected chi connectivity index (χ4v) is 4.86. The Morgan fingerprint density at radius 3 is 2.59 bits per heavy atom. The molecule has 1 atom stereocenters. The van der Waals surface area contributed by atoms with Crippen molar-refractivity contribution in [3.8, 4) is 0 Å². The van der Waals surface area contributed by atoms with Gasteiger partial charge in [-0.15, -0.1) is 0 Å². The molecule has 34 heavy (non-hydrogen) atoms. The number of fused-ring (bicyclic) bond motifs is 1. The Balaban J connectivity index is 1.54. The largest absolute Gasteiger partial charge is 0.338 e. The van der Waals surface area contributed by atoms with Crippen LogP contribution in [0, 0.1) is 6.92 Å². The molecule has 1 aliphatic rings. The third-order valence-corrected chi connectivity index (χ3v) is 6.74. The van der Waals surface area contributed by atoms with Gasteiger partial charge in [-0.25, -0.2) is 4.98 Å². The van der Waals surface area contributed by atoms with Crippen LogP contribution in [0.2, 0.25) is 5.02 Å². The lowest BCUT2D eigenvalue weighted by Gasteiger charge is -2.33. The molecule has 0 N–H and O–H groups in total. The molecule has 1 amide bonds. The molecule has 0 spiro atoms. The van der Waals surface area contributed by atoms with Gasteiger partial charge in [0.05, 0.1) is 17.4 Å². The van der Waals surface area contributed by atoms with Crippen LogP contribution in [0.3, 0.4) is 0 Å². The van der Waals surface area contributed by atoms with Crippen molar-refractivity contribution in [2.45, 2.75) is 32.2 Å². The van der Waals surface area contributed by atoms with Crippen LogP contribution < -0.4 is 5.56 Å². The summed E-state index contributed by atoms with van der Waals surface area (Å²) in [7, 11) is 0.